The summed E-state index contributed by atoms with van der Waals surface area (Å²) in [5, 5.41) is 2.82. The highest BCUT2D eigenvalue weighted by molar-refractivity contribution is 7.89. The Balaban J connectivity index is 1.39. The molecule has 0 radical (unpaired) electrons. The lowest BCUT2D eigenvalue weighted by atomic mass is 10.1. The van der Waals surface area contributed by atoms with E-state index in [2.05, 4.69) is 17.1 Å². The van der Waals surface area contributed by atoms with Gasteiger partial charge in [-0.15, -0.1) is 0 Å². The minimum Gasteiger partial charge on any atom is -0.338 e. The van der Waals surface area contributed by atoms with Crippen LogP contribution >= 0.6 is 0 Å². The highest BCUT2D eigenvalue weighted by Gasteiger charge is 2.28. The highest BCUT2D eigenvalue weighted by Crippen LogP contribution is 2.21. The molecule has 1 N–H and O–H groups in total. The summed E-state index contributed by atoms with van der Waals surface area (Å²) in [5.41, 5.74) is 1.92. The van der Waals surface area contributed by atoms with Gasteiger partial charge in [0.2, 0.25) is 15.9 Å². The Kier molecular flexibility index (Phi) is 7.11. The van der Waals surface area contributed by atoms with Crippen molar-refractivity contribution in [1.82, 2.24) is 14.1 Å². The molecule has 0 atom stereocenters. The van der Waals surface area contributed by atoms with E-state index in [9.17, 15) is 18.0 Å². The fourth-order valence-corrected chi connectivity index (χ4v) is 5.67. The van der Waals surface area contributed by atoms with Gasteiger partial charge in [0.25, 0.3) is 5.91 Å². The molecule has 8 nitrogen and oxygen atoms in total. The van der Waals surface area contributed by atoms with Gasteiger partial charge in [-0.1, -0.05) is 19.1 Å². The number of hydrogen-bond acceptors (Lipinski definition) is 5. The van der Waals surface area contributed by atoms with Crippen molar-refractivity contribution in [1.29, 1.82) is 0 Å². The maximum atomic E-state index is 12.9. The van der Waals surface area contributed by atoms with Crippen LogP contribution in [0.3, 0.4) is 0 Å². The summed E-state index contributed by atoms with van der Waals surface area (Å²) in [5.74, 6) is -0.136. The summed E-state index contributed by atoms with van der Waals surface area (Å²) in [6.07, 6.45) is 1.46. The summed E-state index contributed by atoms with van der Waals surface area (Å²) in [6, 6.07) is 13.5. The molecule has 2 amide bonds. The van der Waals surface area contributed by atoms with Crippen LogP contribution in [0.25, 0.3) is 0 Å². The molecule has 4 rings (SSSR count). The predicted octanol–water partition coefficient (Wildman–Crippen LogP) is 2.39. The topological polar surface area (TPSA) is 90.0 Å². The molecule has 2 aromatic rings. The number of anilines is 1. The first-order valence-corrected chi connectivity index (χ1v) is 12.8. The van der Waals surface area contributed by atoms with Gasteiger partial charge in [0.15, 0.2) is 0 Å². The SMILES string of the molecule is CCN1CCN(S(=O)(=O)c2ccc(NC(=O)c3cccc(CN4CCCC4=O)c3)cc2)CC1. The number of likely N-dealkylation sites (N-methyl/N-ethyl adjacent to an activating group) is 1. The second-order valence-corrected chi connectivity index (χ2v) is 10.4. The molecule has 0 aliphatic carbocycles. The van der Waals surface area contributed by atoms with Gasteiger partial charge in [-0.25, -0.2) is 8.42 Å². The minimum atomic E-state index is -3.55. The number of nitrogens with one attached hydrogen (secondary N) is 1. The number of nitrogens with zero attached hydrogens (tertiary/aromatic N) is 3. The number of hydrogen-bond donors (Lipinski definition) is 1. The summed E-state index contributed by atoms with van der Waals surface area (Å²) in [6.45, 7) is 6.66. The normalized spacial score (nSPS) is 18.0. The largest absolute Gasteiger partial charge is 0.338 e. The van der Waals surface area contributed by atoms with Crippen LogP contribution in [0.15, 0.2) is 53.4 Å². The van der Waals surface area contributed by atoms with E-state index in [1.807, 2.05) is 6.07 Å². The zero-order valence-electron chi connectivity index (χ0n) is 18.9. The molecular weight excluding hydrogens is 440 g/mol. The smallest absolute Gasteiger partial charge is 0.255 e. The highest BCUT2D eigenvalue weighted by atomic mass is 32.2. The molecular formula is C24H30N4O4S. The van der Waals surface area contributed by atoms with E-state index in [1.54, 1.807) is 35.2 Å². The quantitative estimate of drug-likeness (QED) is 0.671. The molecule has 2 aliphatic heterocycles. The fourth-order valence-electron chi connectivity index (χ4n) is 4.25. The van der Waals surface area contributed by atoms with Gasteiger partial charge in [0, 0.05) is 56.9 Å². The van der Waals surface area contributed by atoms with Crippen LogP contribution in [0.1, 0.15) is 35.7 Å². The second kappa shape index (κ2) is 10.0. The number of rotatable bonds is 7. The fraction of sp³-hybridized carbons (Fsp3) is 0.417. The molecule has 9 heteroatoms. The summed E-state index contributed by atoms with van der Waals surface area (Å²) in [7, 11) is -3.55. The van der Waals surface area contributed by atoms with E-state index in [-0.39, 0.29) is 16.7 Å². The van der Waals surface area contributed by atoms with Gasteiger partial charge in [0.05, 0.1) is 4.90 Å². The first-order chi connectivity index (χ1) is 15.9. The molecule has 0 saturated carbocycles. The molecule has 0 spiro atoms. The van der Waals surface area contributed by atoms with Crippen LogP contribution in [-0.2, 0) is 21.4 Å². The van der Waals surface area contributed by atoms with Crippen LogP contribution in [-0.4, -0.2) is 73.6 Å². The lowest BCUT2D eigenvalue weighted by Crippen LogP contribution is -2.48. The number of sulfonamides is 1. The number of carbonyl (C=O) groups is 2. The molecule has 33 heavy (non-hydrogen) atoms. The number of carbonyl (C=O) groups excluding carboxylic acids is 2. The van der Waals surface area contributed by atoms with Crippen molar-refractivity contribution in [2.45, 2.75) is 31.2 Å². The van der Waals surface area contributed by atoms with Crippen LogP contribution in [0.5, 0.6) is 0 Å². The molecule has 176 valence electrons. The molecule has 2 heterocycles. The summed E-state index contributed by atoms with van der Waals surface area (Å²) < 4.78 is 27.4. The third-order valence-electron chi connectivity index (χ3n) is 6.26. The maximum Gasteiger partial charge on any atom is 0.255 e. The van der Waals surface area contributed by atoms with E-state index in [0.717, 1.165) is 38.2 Å². The number of amides is 2. The summed E-state index contributed by atoms with van der Waals surface area (Å²) in [4.78, 5) is 28.9. The lowest BCUT2D eigenvalue weighted by Gasteiger charge is -2.33. The second-order valence-electron chi connectivity index (χ2n) is 8.44. The predicted molar refractivity (Wildman–Crippen MR) is 126 cm³/mol. The third kappa shape index (κ3) is 5.43. The Hall–Kier alpha value is -2.75. The van der Waals surface area contributed by atoms with Gasteiger partial charge in [-0.3, -0.25) is 9.59 Å². The van der Waals surface area contributed by atoms with Crippen molar-refractivity contribution < 1.29 is 18.0 Å². The molecule has 2 aliphatic rings. The van der Waals surface area contributed by atoms with Crippen molar-refractivity contribution in [3.8, 4) is 0 Å². The van der Waals surface area contributed by atoms with E-state index in [4.69, 9.17) is 0 Å². The Bertz CT molecular complexity index is 1110. The van der Waals surface area contributed by atoms with Crippen molar-refractivity contribution >= 4 is 27.5 Å². The maximum absolute atomic E-state index is 12.9. The van der Waals surface area contributed by atoms with Gasteiger partial charge in [-0.2, -0.15) is 4.31 Å². The number of benzene rings is 2. The van der Waals surface area contributed by atoms with Crippen LogP contribution in [0.4, 0.5) is 5.69 Å². The van der Waals surface area contributed by atoms with Gasteiger partial charge in [0.1, 0.15) is 0 Å². The first kappa shape index (κ1) is 23.4. The monoisotopic (exact) mass is 470 g/mol. The minimum absolute atomic E-state index is 0.145. The van der Waals surface area contributed by atoms with E-state index in [1.165, 1.54) is 16.4 Å². The Morgan fingerprint density at radius 2 is 1.73 bits per heavy atom. The van der Waals surface area contributed by atoms with E-state index >= 15 is 0 Å². The van der Waals surface area contributed by atoms with Gasteiger partial charge >= 0.3 is 0 Å². The van der Waals surface area contributed by atoms with Crippen molar-refractivity contribution in [3.05, 3.63) is 59.7 Å². The number of piperazine rings is 1. The average Bonchev–Trinajstić information content (AvgIpc) is 3.23. The van der Waals surface area contributed by atoms with Crippen molar-refractivity contribution in [2.24, 2.45) is 0 Å². The van der Waals surface area contributed by atoms with Crippen molar-refractivity contribution in [3.63, 3.8) is 0 Å². The third-order valence-corrected chi connectivity index (χ3v) is 8.18. The molecule has 2 saturated heterocycles. The van der Waals surface area contributed by atoms with Crippen LogP contribution in [0.2, 0.25) is 0 Å². The van der Waals surface area contributed by atoms with Gasteiger partial charge < -0.3 is 15.1 Å². The Labute approximate surface area is 195 Å². The average molecular weight is 471 g/mol. The number of likely N-dealkylation sites (tertiary alicyclic amines) is 1. The molecule has 0 bridgehead atoms. The lowest BCUT2D eigenvalue weighted by molar-refractivity contribution is -0.128. The zero-order chi connectivity index (χ0) is 23.4. The Morgan fingerprint density at radius 3 is 2.36 bits per heavy atom. The van der Waals surface area contributed by atoms with E-state index in [0.29, 0.717) is 37.3 Å². The summed E-state index contributed by atoms with van der Waals surface area (Å²) >= 11 is 0. The van der Waals surface area contributed by atoms with Crippen molar-refractivity contribution in [2.75, 3.05) is 44.6 Å². The van der Waals surface area contributed by atoms with Crippen LogP contribution < -0.4 is 5.32 Å². The molecule has 2 fully saturated rings. The van der Waals surface area contributed by atoms with Gasteiger partial charge in [-0.05, 0) is 54.9 Å². The zero-order valence-corrected chi connectivity index (χ0v) is 19.7. The Morgan fingerprint density at radius 1 is 1.00 bits per heavy atom. The molecule has 0 aromatic heterocycles. The molecule has 2 aromatic carbocycles. The van der Waals surface area contributed by atoms with E-state index < -0.39 is 10.0 Å². The first-order valence-electron chi connectivity index (χ1n) is 11.4. The standard InChI is InChI=1S/C24H30N4O4S/c1-2-26-13-15-28(16-14-26)33(31,32)22-10-8-21(9-11-22)25-24(30)20-6-3-5-19(17-20)18-27-12-4-7-23(27)29/h3,5-6,8-11,17H,2,4,7,12-16,18H2,1H3,(H,25,30). The van der Waals surface area contributed by atoms with Crippen LogP contribution in [0, 0.1) is 0 Å². The molecule has 0 unspecified atom stereocenters.